The summed E-state index contributed by atoms with van der Waals surface area (Å²) in [4.78, 5) is 12.7. The van der Waals surface area contributed by atoms with Crippen molar-refractivity contribution in [3.05, 3.63) is 23.8 Å². The van der Waals surface area contributed by atoms with Crippen molar-refractivity contribution < 1.29 is 14.3 Å². The van der Waals surface area contributed by atoms with Crippen LogP contribution in [0.1, 0.15) is 37.6 Å². The van der Waals surface area contributed by atoms with Gasteiger partial charge in [0.05, 0.1) is 11.9 Å². The summed E-state index contributed by atoms with van der Waals surface area (Å²) in [5.74, 6) is 0.697. The number of hydrogen-bond donors (Lipinski definition) is 0. The van der Waals surface area contributed by atoms with Crippen LogP contribution < -0.4 is 10.0 Å². The molecule has 1 aromatic rings. The van der Waals surface area contributed by atoms with E-state index >= 15 is 0 Å². The van der Waals surface area contributed by atoms with Gasteiger partial charge in [0, 0.05) is 18.0 Å². The first-order valence-corrected chi connectivity index (χ1v) is 8.84. The van der Waals surface area contributed by atoms with Crippen molar-refractivity contribution in [2.75, 3.05) is 20.3 Å². The number of thiocyanates is 1. The molecule has 126 valence electrons. The molecule has 0 aliphatic rings. The Kier molecular flexibility index (Phi) is 8.05. The molecule has 6 heteroatoms. The van der Waals surface area contributed by atoms with Crippen molar-refractivity contribution in [2.24, 2.45) is 5.41 Å². The van der Waals surface area contributed by atoms with Crippen molar-refractivity contribution in [1.82, 2.24) is 0 Å². The number of ketones is 1. The molecular formula is C17H24NO3PS. The van der Waals surface area contributed by atoms with Gasteiger partial charge in [-0.25, -0.2) is 0 Å². The molecule has 0 bridgehead atoms. The largest absolute Gasteiger partial charge is 0.491 e. The summed E-state index contributed by atoms with van der Waals surface area (Å²) in [5, 5.41) is 11.5. The molecule has 1 aromatic carbocycles. The highest BCUT2D eigenvalue weighted by molar-refractivity contribution is 8.05. The second kappa shape index (κ2) is 9.27. The zero-order valence-corrected chi connectivity index (χ0v) is 16.1. The van der Waals surface area contributed by atoms with Crippen molar-refractivity contribution in [2.45, 2.75) is 32.4 Å². The van der Waals surface area contributed by atoms with Gasteiger partial charge in [-0.2, -0.15) is 5.26 Å². The Morgan fingerprint density at radius 2 is 2.09 bits per heavy atom. The Labute approximate surface area is 145 Å². The number of nitriles is 1. The lowest BCUT2D eigenvalue weighted by atomic mass is 9.88. The number of thioether (sulfide) groups is 1. The Bertz CT molecular complexity index is 578. The maximum atomic E-state index is 12.7. The lowest BCUT2D eigenvalue weighted by Crippen LogP contribution is -2.24. The van der Waals surface area contributed by atoms with Gasteiger partial charge in [-0.3, -0.25) is 4.79 Å². The first kappa shape index (κ1) is 20.0. The summed E-state index contributed by atoms with van der Waals surface area (Å²) in [5.41, 5.74) is 0.586. The summed E-state index contributed by atoms with van der Waals surface area (Å²) in [6, 6.07) is 5.34. The number of methoxy groups -OCH3 is 1. The second-order valence-corrected chi connectivity index (χ2v) is 8.03. The van der Waals surface area contributed by atoms with E-state index in [0.29, 0.717) is 30.9 Å². The van der Waals surface area contributed by atoms with E-state index in [-0.39, 0.29) is 16.4 Å². The number of carbonyl (C=O) groups excluding carboxylic acids is 1. The Hall–Kier alpha value is -1.08. The standard InChI is InChI=1S/C17H24NO3PS/c1-17(2,3)10-15(23-11-18)16(19)12-5-6-13(14(22)9-12)21-8-7-20-4/h5-6,9,15H,7-8,10,22H2,1-4H3. The summed E-state index contributed by atoms with van der Waals surface area (Å²) < 4.78 is 10.5. The van der Waals surface area contributed by atoms with Gasteiger partial charge in [0.15, 0.2) is 5.78 Å². The molecule has 2 atom stereocenters. The van der Waals surface area contributed by atoms with E-state index < -0.39 is 0 Å². The van der Waals surface area contributed by atoms with Gasteiger partial charge in [0.2, 0.25) is 0 Å². The van der Waals surface area contributed by atoms with Crippen molar-refractivity contribution in [3.8, 4) is 11.2 Å². The minimum Gasteiger partial charge on any atom is -0.491 e. The van der Waals surface area contributed by atoms with Gasteiger partial charge in [-0.1, -0.05) is 20.8 Å². The molecule has 4 nitrogen and oxygen atoms in total. The van der Waals surface area contributed by atoms with E-state index in [1.807, 2.05) is 0 Å². The summed E-state index contributed by atoms with van der Waals surface area (Å²) >= 11 is 1.03. The van der Waals surface area contributed by atoms with Gasteiger partial charge in [0.25, 0.3) is 0 Å². The average molecular weight is 353 g/mol. The molecule has 2 unspecified atom stereocenters. The van der Waals surface area contributed by atoms with E-state index in [1.54, 1.807) is 25.3 Å². The smallest absolute Gasteiger partial charge is 0.176 e. The van der Waals surface area contributed by atoms with Gasteiger partial charge >= 0.3 is 0 Å². The molecule has 0 aliphatic carbocycles. The maximum Gasteiger partial charge on any atom is 0.176 e. The van der Waals surface area contributed by atoms with Crippen LogP contribution in [0.3, 0.4) is 0 Å². The molecule has 1 rings (SSSR count). The first-order chi connectivity index (χ1) is 10.8. The molecule has 0 heterocycles. The van der Waals surface area contributed by atoms with Crippen molar-refractivity contribution >= 4 is 32.1 Å². The minimum absolute atomic E-state index is 0.0152. The first-order valence-electron chi connectivity index (χ1n) is 7.38. The molecule has 0 aliphatic heterocycles. The highest BCUT2D eigenvalue weighted by Crippen LogP contribution is 2.30. The predicted molar refractivity (Wildman–Crippen MR) is 98.6 cm³/mol. The van der Waals surface area contributed by atoms with Crippen LogP contribution in [0.25, 0.3) is 0 Å². The number of benzene rings is 1. The number of ether oxygens (including phenoxy) is 2. The average Bonchev–Trinajstić information content (AvgIpc) is 2.46. The van der Waals surface area contributed by atoms with E-state index in [1.165, 1.54) is 0 Å². The topological polar surface area (TPSA) is 59.3 Å². The van der Waals surface area contributed by atoms with Crippen LogP contribution in [0, 0.1) is 16.1 Å². The summed E-state index contributed by atoms with van der Waals surface area (Å²) in [6.07, 6.45) is 0.655. The molecule has 0 fully saturated rings. The molecule has 0 saturated heterocycles. The molecular weight excluding hydrogens is 329 g/mol. The Morgan fingerprint density at radius 1 is 1.39 bits per heavy atom. The number of rotatable bonds is 8. The second-order valence-electron chi connectivity index (χ2n) is 6.42. The number of carbonyl (C=O) groups is 1. The number of Topliss-reactive ketones (excluding diaryl/α,β-unsaturated/α-hetero) is 1. The predicted octanol–water partition coefficient (Wildman–Crippen LogP) is 3.41. The lowest BCUT2D eigenvalue weighted by Gasteiger charge is -2.23. The fraction of sp³-hybridized carbons (Fsp3) is 0.529. The fourth-order valence-electron chi connectivity index (χ4n) is 2.06. The third-order valence-corrected chi connectivity index (χ3v) is 4.35. The van der Waals surface area contributed by atoms with Crippen LogP contribution >= 0.6 is 21.0 Å². The molecule has 0 spiro atoms. The monoisotopic (exact) mass is 353 g/mol. The zero-order chi connectivity index (χ0) is 17.5. The molecule has 0 aromatic heterocycles. The Morgan fingerprint density at radius 3 is 2.61 bits per heavy atom. The molecule has 0 saturated carbocycles. The molecule has 0 radical (unpaired) electrons. The van der Waals surface area contributed by atoms with Crippen molar-refractivity contribution in [3.63, 3.8) is 0 Å². The fourth-order valence-corrected chi connectivity index (χ4v) is 3.37. The third kappa shape index (κ3) is 6.91. The zero-order valence-electron chi connectivity index (χ0n) is 14.1. The quantitative estimate of drug-likeness (QED) is 0.310. The molecule has 0 N–H and O–H groups in total. The van der Waals surface area contributed by atoms with E-state index in [9.17, 15) is 4.79 Å². The number of nitrogens with zero attached hydrogens (tertiary/aromatic N) is 1. The van der Waals surface area contributed by atoms with Crippen LogP contribution in [-0.2, 0) is 4.74 Å². The highest BCUT2D eigenvalue weighted by Gasteiger charge is 2.27. The number of hydrogen-bond acceptors (Lipinski definition) is 5. The maximum absolute atomic E-state index is 12.7. The van der Waals surface area contributed by atoms with Crippen LogP contribution in [0.5, 0.6) is 5.75 Å². The van der Waals surface area contributed by atoms with E-state index in [4.69, 9.17) is 14.7 Å². The molecule has 0 amide bonds. The SMILES string of the molecule is COCCOc1ccc(C(=O)C(CC(C)(C)C)SC#N)cc1P. The van der Waals surface area contributed by atoms with Crippen LogP contribution in [-0.4, -0.2) is 31.4 Å². The van der Waals surface area contributed by atoms with Crippen LogP contribution in [0.15, 0.2) is 18.2 Å². The third-order valence-electron chi connectivity index (χ3n) is 3.12. The van der Waals surface area contributed by atoms with Gasteiger partial charge < -0.3 is 9.47 Å². The van der Waals surface area contributed by atoms with Gasteiger partial charge in [-0.15, -0.1) is 9.24 Å². The van der Waals surface area contributed by atoms with Crippen molar-refractivity contribution in [1.29, 1.82) is 5.26 Å². The normalized spacial score (nSPS) is 12.5. The minimum atomic E-state index is -0.357. The van der Waals surface area contributed by atoms with Gasteiger partial charge in [0.1, 0.15) is 17.8 Å². The van der Waals surface area contributed by atoms with E-state index in [0.717, 1.165) is 17.1 Å². The van der Waals surface area contributed by atoms with Crippen LogP contribution in [0.2, 0.25) is 0 Å². The van der Waals surface area contributed by atoms with Gasteiger partial charge in [-0.05, 0) is 41.8 Å². The highest BCUT2D eigenvalue weighted by atomic mass is 32.2. The summed E-state index contributed by atoms with van der Waals surface area (Å²) in [6.45, 7) is 7.18. The van der Waals surface area contributed by atoms with Crippen LogP contribution in [0.4, 0.5) is 0 Å². The summed E-state index contributed by atoms with van der Waals surface area (Å²) in [7, 11) is 4.21. The molecule has 23 heavy (non-hydrogen) atoms. The van der Waals surface area contributed by atoms with E-state index in [2.05, 4.69) is 35.4 Å². The lowest BCUT2D eigenvalue weighted by molar-refractivity contribution is 0.0974. The Balaban J connectivity index is 2.89.